The lowest BCUT2D eigenvalue weighted by Crippen LogP contribution is -2.36. The zero-order valence-corrected chi connectivity index (χ0v) is 12.1. The van der Waals surface area contributed by atoms with Crippen LogP contribution in [0.15, 0.2) is 18.2 Å². The Bertz CT molecular complexity index is 482. The molecule has 1 N–H and O–H groups in total. The average molecular weight is 279 g/mol. The number of nitrogens with one attached hydrogen (secondary N) is 1. The van der Waals surface area contributed by atoms with Gasteiger partial charge in [0, 0.05) is 12.6 Å². The highest BCUT2D eigenvalue weighted by molar-refractivity contribution is 6.33. The number of nitriles is 1. The van der Waals surface area contributed by atoms with Crippen LogP contribution < -0.4 is 5.32 Å². The van der Waals surface area contributed by atoms with Crippen LogP contribution in [0.1, 0.15) is 32.3 Å². The number of rotatable bonds is 3. The van der Waals surface area contributed by atoms with Gasteiger partial charge in [-0.05, 0) is 37.0 Å². The van der Waals surface area contributed by atoms with Crippen LogP contribution in [0, 0.1) is 17.2 Å². The summed E-state index contributed by atoms with van der Waals surface area (Å²) in [4.78, 5) is 0. The molecule has 3 nitrogen and oxygen atoms in total. The molecule has 2 unspecified atom stereocenters. The molecule has 4 heteroatoms. The van der Waals surface area contributed by atoms with Crippen LogP contribution >= 0.6 is 11.6 Å². The number of benzene rings is 1. The summed E-state index contributed by atoms with van der Waals surface area (Å²) < 4.78 is 5.76. The Labute approximate surface area is 119 Å². The van der Waals surface area contributed by atoms with Gasteiger partial charge in [-0.15, -0.1) is 0 Å². The molecule has 0 aliphatic carbocycles. The van der Waals surface area contributed by atoms with Crippen LogP contribution in [0.2, 0.25) is 5.02 Å². The van der Waals surface area contributed by atoms with Gasteiger partial charge in [-0.25, -0.2) is 0 Å². The summed E-state index contributed by atoms with van der Waals surface area (Å²) in [5.41, 5.74) is 1.48. The summed E-state index contributed by atoms with van der Waals surface area (Å²) in [6, 6.07) is 7.83. The molecule has 0 amide bonds. The molecule has 1 aromatic carbocycles. The van der Waals surface area contributed by atoms with Crippen LogP contribution in [0.4, 0.5) is 5.69 Å². The Morgan fingerprint density at radius 3 is 2.89 bits per heavy atom. The maximum absolute atomic E-state index is 8.82. The van der Waals surface area contributed by atoms with Crippen LogP contribution in [0.5, 0.6) is 0 Å². The second kappa shape index (κ2) is 6.27. The molecule has 0 saturated carbocycles. The van der Waals surface area contributed by atoms with Gasteiger partial charge in [0.15, 0.2) is 0 Å². The summed E-state index contributed by atoms with van der Waals surface area (Å²) in [7, 11) is 0. The molecule has 0 bridgehead atoms. The van der Waals surface area contributed by atoms with E-state index in [9.17, 15) is 0 Å². The Balaban J connectivity index is 2.03. The van der Waals surface area contributed by atoms with Gasteiger partial charge >= 0.3 is 0 Å². The third-order valence-corrected chi connectivity index (χ3v) is 3.83. The van der Waals surface area contributed by atoms with Crippen molar-refractivity contribution in [1.29, 1.82) is 5.26 Å². The molecule has 1 saturated heterocycles. The van der Waals surface area contributed by atoms with Crippen molar-refractivity contribution >= 4 is 17.3 Å². The molecule has 2 atom stereocenters. The number of nitrogens with zero attached hydrogens (tertiary/aromatic N) is 1. The Morgan fingerprint density at radius 2 is 2.26 bits per heavy atom. The highest BCUT2D eigenvalue weighted by atomic mass is 35.5. The van der Waals surface area contributed by atoms with Crippen molar-refractivity contribution in [2.75, 3.05) is 11.9 Å². The molecular formula is C15H19ClN2O. The fraction of sp³-hybridized carbons (Fsp3) is 0.533. The summed E-state index contributed by atoms with van der Waals surface area (Å²) in [6.45, 7) is 5.15. The predicted molar refractivity (Wildman–Crippen MR) is 77.4 cm³/mol. The van der Waals surface area contributed by atoms with E-state index in [2.05, 4.69) is 25.2 Å². The van der Waals surface area contributed by atoms with Gasteiger partial charge in [0.2, 0.25) is 0 Å². The Kier molecular flexibility index (Phi) is 4.68. The lowest BCUT2D eigenvalue weighted by molar-refractivity contribution is -0.0160. The lowest BCUT2D eigenvalue weighted by atomic mass is 9.95. The molecule has 1 aliphatic rings. The minimum absolute atomic E-state index is 0.309. The van der Waals surface area contributed by atoms with Gasteiger partial charge in [0.25, 0.3) is 0 Å². The number of hydrogen-bond acceptors (Lipinski definition) is 3. The fourth-order valence-corrected chi connectivity index (χ4v) is 2.58. The molecule has 0 spiro atoms. The second-order valence-corrected chi connectivity index (χ2v) is 5.73. The third-order valence-electron chi connectivity index (χ3n) is 3.52. The summed E-state index contributed by atoms with van der Waals surface area (Å²) >= 11 is 6.18. The first-order valence-corrected chi connectivity index (χ1v) is 7.05. The molecular weight excluding hydrogens is 260 g/mol. The Morgan fingerprint density at radius 1 is 1.47 bits per heavy atom. The smallest absolute Gasteiger partial charge is 0.0992 e. The van der Waals surface area contributed by atoms with Crippen molar-refractivity contribution in [2.24, 2.45) is 5.92 Å². The fourth-order valence-electron chi connectivity index (χ4n) is 2.35. The summed E-state index contributed by atoms with van der Waals surface area (Å²) in [5, 5.41) is 12.9. The van der Waals surface area contributed by atoms with E-state index in [1.807, 2.05) is 6.07 Å². The van der Waals surface area contributed by atoms with Gasteiger partial charge in [-0.1, -0.05) is 25.4 Å². The molecule has 2 rings (SSSR count). The first kappa shape index (κ1) is 14.2. The zero-order chi connectivity index (χ0) is 13.8. The molecule has 1 aromatic rings. The van der Waals surface area contributed by atoms with E-state index in [1.54, 1.807) is 12.1 Å². The molecule has 1 aliphatic heterocycles. The van der Waals surface area contributed by atoms with E-state index in [0.29, 0.717) is 28.6 Å². The number of hydrogen-bond donors (Lipinski definition) is 1. The van der Waals surface area contributed by atoms with Gasteiger partial charge in [-0.2, -0.15) is 5.26 Å². The van der Waals surface area contributed by atoms with Crippen LogP contribution in [-0.4, -0.2) is 18.8 Å². The van der Waals surface area contributed by atoms with E-state index in [0.717, 1.165) is 25.1 Å². The van der Waals surface area contributed by atoms with Gasteiger partial charge in [0.1, 0.15) is 0 Å². The van der Waals surface area contributed by atoms with Crippen LogP contribution in [0.3, 0.4) is 0 Å². The van der Waals surface area contributed by atoms with Gasteiger partial charge < -0.3 is 10.1 Å². The van der Waals surface area contributed by atoms with Crippen molar-refractivity contribution < 1.29 is 4.74 Å². The van der Waals surface area contributed by atoms with E-state index >= 15 is 0 Å². The normalized spacial score (nSPS) is 23.1. The molecule has 1 heterocycles. The second-order valence-electron chi connectivity index (χ2n) is 5.33. The monoisotopic (exact) mass is 278 g/mol. The first-order chi connectivity index (χ1) is 9.10. The maximum atomic E-state index is 8.82. The molecule has 0 radical (unpaired) electrons. The standard InChI is InChI=1S/C15H19ClN2O/c1-10(2)15-8-12(5-6-19-15)18-14-4-3-11(9-17)7-13(14)16/h3-4,7,10,12,15,18H,5-6,8H2,1-2H3. The van der Waals surface area contributed by atoms with Gasteiger partial charge in [0.05, 0.1) is 28.4 Å². The van der Waals surface area contributed by atoms with Crippen LogP contribution in [0.25, 0.3) is 0 Å². The molecule has 0 aromatic heterocycles. The number of halogens is 1. The number of ether oxygens (including phenoxy) is 1. The maximum Gasteiger partial charge on any atom is 0.0992 e. The highest BCUT2D eigenvalue weighted by Crippen LogP contribution is 2.27. The largest absolute Gasteiger partial charge is 0.381 e. The van der Waals surface area contributed by atoms with Crippen molar-refractivity contribution in [1.82, 2.24) is 0 Å². The highest BCUT2D eigenvalue weighted by Gasteiger charge is 2.25. The Hall–Kier alpha value is -1.24. The summed E-state index contributed by atoms with van der Waals surface area (Å²) in [5.74, 6) is 0.529. The first-order valence-electron chi connectivity index (χ1n) is 6.68. The van der Waals surface area contributed by atoms with E-state index in [1.165, 1.54) is 0 Å². The van der Waals surface area contributed by atoms with Crippen molar-refractivity contribution in [3.63, 3.8) is 0 Å². The minimum atomic E-state index is 0.309. The zero-order valence-electron chi connectivity index (χ0n) is 11.3. The van der Waals surface area contributed by atoms with Crippen molar-refractivity contribution in [3.8, 4) is 6.07 Å². The summed E-state index contributed by atoms with van der Waals surface area (Å²) in [6.07, 6.45) is 2.29. The van der Waals surface area contributed by atoms with E-state index < -0.39 is 0 Å². The quantitative estimate of drug-likeness (QED) is 0.914. The predicted octanol–water partition coefficient (Wildman–Crippen LogP) is 3.83. The average Bonchev–Trinajstić information content (AvgIpc) is 2.41. The van der Waals surface area contributed by atoms with Crippen molar-refractivity contribution in [2.45, 2.75) is 38.8 Å². The SMILES string of the molecule is CC(C)C1CC(Nc2ccc(C#N)cc2Cl)CCO1. The molecule has 1 fully saturated rings. The topological polar surface area (TPSA) is 45.0 Å². The van der Waals surface area contributed by atoms with E-state index in [4.69, 9.17) is 21.6 Å². The van der Waals surface area contributed by atoms with E-state index in [-0.39, 0.29) is 0 Å². The number of anilines is 1. The van der Waals surface area contributed by atoms with Crippen molar-refractivity contribution in [3.05, 3.63) is 28.8 Å². The minimum Gasteiger partial charge on any atom is -0.381 e. The molecule has 102 valence electrons. The lowest BCUT2D eigenvalue weighted by Gasteiger charge is -2.33. The van der Waals surface area contributed by atoms with Gasteiger partial charge in [-0.3, -0.25) is 0 Å². The third kappa shape index (κ3) is 3.62. The molecule has 19 heavy (non-hydrogen) atoms. The van der Waals surface area contributed by atoms with Crippen LogP contribution in [-0.2, 0) is 4.74 Å².